The van der Waals surface area contributed by atoms with Crippen molar-refractivity contribution < 1.29 is 4.79 Å². The first-order valence-corrected chi connectivity index (χ1v) is 9.12. The lowest BCUT2D eigenvalue weighted by Gasteiger charge is -1.96. The molecule has 0 aromatic heterocycles. The van der Waals surface area contributed by atoms with Crippen LogP contribution >= 0.6 is 33.4 Å². The molecule has 3 N–H and O–H groups in total. The Hall–Kier alpha value is -0.880. The average molecular weight is 341 g/mol. The zero-order valence-electron chi connectivity index (χ0n) is 11.5. The van der Waals surface area contributed by atoms with Crippen LogP contribution in [0.25, 0.3) is 0 Å². The third kappa shape index (κ3) is 5.11. The first kappa shape index (κ1) is 16.5. The molecule has 1 aromatic carbocycles. The first-order chi connectivity index (χ1) is 10.1. The summed E-state index contributed by atoms with van der Waals surface area (Å²) in [5.41, 5.74) is 8.90. The van der Waals surface area contributed by atoms with Crippen molar-refractivity contribution in [2.75, 3.05) is 6.54 Å². The number of hydrogen-bond acceptors (Lipinski definition) is 4. The van der Waals surface area contributed by atoms with Gasteiger partial charge in [0, 0.05) is 11.6 Å². The van der Waals surface area contributed by atoms with E-state index in [1.165, 1.54) is 52.2 Å². The van der Waals surface area contributed by atoms with Crippen LogP contribution in [0, 0.1) is 0 Å². The molecule has 0 bridgehead atoms. The van der Waals surface area contributed by atoms with Gasteiger partial charge in [0.2, 0.25) is 0 Å². The summed E-state index contributed by atoms with van der Waals surface area (Å²) in [6.45, 7) is 4.42. The van der Waals surface area contributed by atoms with Crippen molar-refractivity contribution in [3.05, 3.63) is 57.5 Å². The van der Waals surface area contributed by atoms with Gasteiger partial charge in [0.15, 0.2) is 0 Å². The summed E-state index contributed by atoms with van der Waals surface area (Å²) in [5, 5.41) is 0.876. The molecule has 0 saturated heterocycles. The van der Waals surface area contributed by atoms with E-state index >= 15 is 0 Å². The largest absolute Gasteiger partial charge is 0.365 e. The molecule has 0 unspecified atom stereocenters. The van der Waals surface area contributed by atoms with Crippen molar-refractivity contribution in [3.63, 3.8) is 0 Å². The molecule has 1 aliphatic heterocycles. The lowest BCUT2D eigenvalue weighted by Crippen LogP contribution is -2.11. The van der Waals surface area contributed by atoms with Gasteiger partial charge in [-0.05, 0) is 75.9 Å². The van der Waals surface area contributed by atoms with Gasteiger partial charge >= 0.3 is 0 Å². The fraction of sp³-hybridized carbons (Fsp3) is 0.267. The van der Waals surface area contributed by atoms with E-state index in [0.29, 0.717) is 11.4 Å². The van der Waals surface area contributed by atoms with Crippen LogP contribution in [0.5, 0.6) is 0 Å². The normalized spacial score (nSPS) is 17.2. The summed E-state index contributed by atoms with van der Waals surface area (Å²) in [5.74, 6) is -0.396. The van der Waals surface area contributed by atoms with Crippen molar-refractivity contribution in [1.29, 1.82) is 0 Å². The molecule has 0 fully saturated rings. The molecule has 1 aromatic rings. The standard InChI is InChI=1S/C9H9Cl.C6H8N2OS2/c10-9-5-4-7-2-1-3-8(7)6-9;1-4-2-5(6(7)9)10-11-8-3-4/h4-6H,1-3H2;2,8H,1,3H2,(H2,7,9). The molecule has 0 spiro atoms. The lowest BCUT2D eigenvalue weighted by atomic mass is 10.1. The van der Waals surface area contributed by atoms with Crippen LogP contribution in [0.2, 0.25) is 5.02 Å². The molecule has 21 heavy (non-hydrogen) atoms. The minimum atomic E-state index is -0.396. The number of hydrogen-bond donors (Lipinski definition) is 2. The summed E-state index contributed by atoms with van der Waals surface area (Å²) >= 11 is 5.82. The van der Waals surface area contributed by atoms with Crippen LogP contribution in [0.3, 0.4) is 0 Å². The van der Waals surface area contributed by atoms with E-state index in [9.17, 15) is 4.79 Å². The summed E-state index contributed by atoms with van der Waals surface area (Å²) in [7, 11) is 2.72. The van der Waals surface area contributed by atoms with Crippen LogP contribution < -0.4 is 10.5 Å². The minimum absolute atomic E-state index is 0.396. The molecule has 0 atom stereocenters. The van der Waals surface area contributed by atoms with Crippen molar-refractivity contribution in [2.24, 2.45) is 5.73 Å². The van der Waals surface area contributed by atoms with Crippen LogP contribution in [0.1, 0.15) is 17.5 Å². The van der Waals surface area contributed by atoms with Gasteiger partial charge in [0.1, 0.15) is 0 Å². The molecular weight excluding hydrogens is 324 g/mol. The SMILES string of the molecule is C=C1C=C(C(N)=O)SSNC1.Clc1ccc2c(c1)CCC2. The molecule has 2 aliphatic rings. The van der Waals surface area contributed by atoms with Crippen LogP contribution in [-0.4, -0.2) is 12.5 Å². The Morgan fingerprint density at radius 1 is 1.33 bits per heavy atom. The van der Waals surface area contributed by atoms with E-state index in [1.807, 2.05) is 6.07 Å². The summed E-state index contributed by atoms with van der Waals surface area (Å²) in [6.07, 6.45) is 5.47. The predicted molar refractivity (Wildman–Crippen MR) is 93.1 cm³/mol. The fourth-order valence-electron chi connectivity index (χ4n) is 2.11. The number of aryl methyl sites for hydroxylation is 2. The smallest absolute Gasteiger partial charge is 0.256 e. The van der Waals surface area contributed by atoms with Crippen LogP contribution in [0.15, 0.2) is 41.3 Å². The lowest BCUT2D eigenvalue weighted by molar-refractivity contribution is -0.113. The Morgan fingerprint density at radius 2 is 2.10 bits per heavy atom. The number of benzene rings is 1. The van der Waals surface area contributed by atoms with E-state index in [-0.39, 0.29) is 0 Å². The van der Waals surface area contributed by atoms with E-state index in [0.717, 1.165) is 10.6 Å². The zero-order chi connectivity index (χ0) is 15.2. The van der Waals surface area contributed by atoms with Gasteiger partial charge in [0.05, 0.1) is 4.91 Å². The second-order valence-electron chi connectivity index (χ2n) is 4.79. The quantitative estimate of drug-likeness (QED) is 0.605. The van der Waals surface area contributed by atoms with Crippen LogP contribution in [0.4, 0.5) is 0 Å². The maximum absolute atomic E-state index is 10.7. The number of nitrogens with one attached hydrogen (secondary N) is 1. The Morgan fingerprint density at radius 3 is 2.86 bits per heavy atom. The first-order valence-electron chi connectivity index (χ1n) is 6.59. The number of primary amides is 1. The Kier molecular flexibility index (Phi) is 6.23. The highest BCUT2D eigenvalue weighted by Gasteiger charge is 2.10. The van der Waals surface area contributed by atoms with Gasteiger partial charge in [-0.15, -0.1) is 0 Å². The van der Waals surface area contributed by atoms with Crippen LogP contribution in [-0.2, 0) is 17.6 Å². The third-order valence-electron chi connectivity index (χ3n) is 3.13. The molecule has 1 aliphatic carbocycles. The zero-order valence-corrected chi connectivity index (χ0v) is 13.9. The van der Waals surface area contributed by atoms with E-state index in [1.54, 1.807) is 6.08 Å². The van der Waals surface area contributed by atoms with Crippen molar-refractivity contribution >= 4 is 39.3 Å². The number of nitrogens with two attached hydrogens (primary N) is 1. The predicted octanol–water partition coefficient (Wildman–Crippen LogP) is 3.64. The Bertz CT molecular complexity index is 587. The number of fused-ring (bicyclic) bond motifs is 1. The van der Waals surface area contributed by atoms with E-state index in [4.69, 9.17) is 17.3 Å². The number of halogens is 1. The topological polar surface area (TPSA) is 55.1 Å². The van der Waals surface area contributed by atoms with Gasteiger partial charge in [-0.25, -0.2) is 0 Å². The van der Waals surface area contributed by atoms with Gasteiger partial charge in [-0.2, -0.15) is 0 Å². The maximum atomic E-state index is 10.7. The van der Waals surface area contributed by atoms with Gasteiger partial charge < -0.3 is 5.73 Å². The number of carbonyl (C=O) groups excluding carboxylic acids is 1. The number of amides is 1. The average Bonchev–Trinajstić information content (AvgIpc) is 2.78. The van der Waals surface area contributed by atoms with Crippen molar-refractivity contribution in [2.45, 2.75) is 19.3 Å². The maximum Gasteiger partial charge on any atom is 0.256 e. The van der Waals surface area contributed by atoms with Gasteiger partial charge in [-0.1, -0.05) is 24.2 Å². The molecule has 3 rings (SSSR count). The second-order valence-corrected chi connectivity index (χ2v) is 7.28. The highest BCUT2D eigenvalue weighted by Crippen LogP contribution is 2.30. The molecule has 0 saturated carbocycles. The fourth-order valence-corrected chi connectivity index (χ4v) is 4.01. The summed E-state index contributed by atoms with van der Waals surface area (Å²) in [6, 6.07) is 6.21. The van der Waals surface area contributed by atoms with E-state index < -0.39 is 5.91 Å². The Balaban J connectivity index is 0.000000154. The minimum Gasteiger partial charge on any atom is -0.365 e. The molecular formula is C15H17ClN2OS2. The van der Waals surface area contributed by atoms with Crippen molar-refractivity contribution in [3.8, 4) is 0 Å². The van der Waals surface area contributed by atoms with E-state index in [2.05, 4.69) is 23.4 Å². The molecule has 1 heterocycles. The highest BCUT2D eigenvalue weighted by atomic mass is 35.5. The van der Waals surface area contributed by atoms with Crippen molar-refractivity contribution in [1.82, 2.24) is 4.72 Å². The second kappa shape index (κ2) is 7.94. The molecule has 1 amide bonds. The number of rotatable bonds is 1. The molecule has 0 radical (unpaired) electrons. The number of carbonyl (C=O) groups is 1. The van der Waals surface area contributed by atoms with Gasteiger partial charge in [0.25, 0.3) is 5.91 Å². The van der Waals surface area contributed by atoms with Gasteiger partial charge in [-0.3, -0.25) is 9.52 Å². The summed E-state index contributed by atoms with van der Waals surface area (Å²) in [4.78, 5) is 11.2. The monoisotopic (exact) mass is 340 g/mol. The third-order valence-corrected chi connectivity index (χ3v) is 5.35. The molecule has 3 nitrogen and oxygen atoms in total. The summed E-state index contributed by atoms with van der Waals surface area (Å²) < 4.78 is 3.00. The Labute approximate surface area is 137 Å². The molecule has 6 heteroatoms. The molecule has 112 valence electrons. The highest BCUT2D eigenvalue weighted by molar-refractivity contribution is 8.77.